The molecule has 0 radical (unpaired) electrons. The molecule has 0 saturated carbocycles. The van der Waals surface area contributed by atoms with Crippen molar-refractivity contribution in [2.45, 2.75) is 30.3 Å². The number of halogens is 1. The van der Waals surface area contributed by atoms with Crippen molar-refractivity contribution in [3.8, 4) is 0 Å². The first-order chi connectivity index (χ1) is 8.08. The molecule has 1 aliphatic rings. The molecule has 2 rings (SSSR count). The van der Waals surface area contributed by atoms with Crippen molar-refractivity contribution in [3.05, 3.63) is 30.1 Å². The van der Waals surface area contributed by atoms with Crippen LogP contribution in [-0.4, -0.2) is 26.9 Å². The van der Waals surface area contributed by atoms with Crippen LogP contribution in [0, 0.1) is 5.82 Å². The molecule has 0 spiro atoms. The first kappa shape index (κ1) is 12.5. The van der Waals surface area contributed by atoms with Gasteiger partial charge in [0.05, 0.1) is 16.8 Å². The van der Waals surface area contributed by atoms with E-state index in [-0.39, 0.29) is 16.8 Å². The monoisotopic (exact) mass is 258 g/mol. The molecule has 0 aromatic heterocycles. The molecule has 1 atom stereocenters. The Balaban J connectivity index is 2.00. The zero-order valence-corrected chi connectivity index (χ0v) is 10.2. The summed E-state index contributed by atoms with van der Waals surface area (Å²) in [7, 11) is -3.31. The minimum Gasteiger partial charge on any atom is -0.378 e. The van der Waals surface area contributed by atoms with E-state index in [1.807, 2.05) is 0 Å². The number of ether oxygens (including phenoxy) is 1. The van der Waals surface area contributed by atoms with Gasteiger partial charge >= 0.3 is 0 Å². The first-order valence-corrected chi connectivity index (χ1v) is 7.33. The molecule has 1 saturated heterocycles. The average molecular weight is 258 g/mol. The van der Waals surface area contributed by atoms with Crippen LogP contribution in [0.2, 0.25) is 0 Å². The summed E-state index contributed by atoms with van der Waals surface area (Å²) >= 11 is 0. The molecule has 3 nitrogen and oxygen atoms in total. The predicted octanol–water partition coefficient (Wildman–Crippen LogP) is 2.17. The van der Waals surface area contributed by atoms with Gasteiger partial charge in [0, 0.05) is 6.61 Å². The second kappa shape index (κ2) is 5.14. The van der Waals surface area contributed by atoms with Crippen LogP contribution < -0.4 is 0 Å². The lowest BCUT2D eigenvalue weighted by molar-refractivity contribution is 0.109. The first-order valence-electron chi connectivity index (χ1n) is 5.68. The van der Waals surface area contributed by atoms with Gasteiger partial charge in [0.15, 0.2) is 9.84 Å². The highest BCUT2D eigenvalue weighted by molar-refractivity contribution is 7.91. The van der Waals surface area contributed by atoms with Gasteiger partial charge in [0.2, 0.25) is 0 Å². The summed E-state index contributed by atoms with van der Waals surface area (Å²) in [5, 5.41) is 0. The van der Waals surface area contributed by atoms with Crippen LogP contribution >= 0.6 is 0 Å². The smallest absolute Gasteiger partial charge is 0.178 e. The van der Waals surface area contributed by atoms with Gasteiger partial charge in [-0.1, -0.05) is 0 Å². The maximum Gasteiger partial charge on any atom is 0.178 e. The summed E-state index contributed by atoms with van der Waals surface area (Å²) < 4.78 is 41.9. The van der Waals surface area contributed by atoms with Gasteiger partial charge < -0.3 is 4.74 Å². The van der Waals surface area contributed by atoms with E-state index in [2.05, 4.69) is 0 Å². The molecule has 1 aromatic rings. The summed E-state index contributed by atoms with van der Waals surface area (Å²) in [6, 6.07) is 4.94. The highest BCUT2D eigenvalue weighted by atomic mass is 32.2. The summed E-state index contributed by atoms with van der Waals surface area (Å²) in [6.45, 7) is 0.723. The van der Waals surface area contributed by atoms with Crippen molar-refractivity contribution in [2.24, 2.45) is 0 Å². The maximum absolute atomic E-state index is 12.7. The highest BCUT2D eigenvalue weighted by Gasteiger charge is 2.20. The third-order valence-corrected chi connectivity index (χ3v) is 4.67. The van der Waals surface area contributed by atoms with E-state index in [0.29, 0.717) is 6.42 Å². The van der Waals surface area contributed by atoms with Gasteiger partial charge in [0.1, 0.15) is 5.82 Å². The molecule has 0 aliphatic carbocycles. The van der Waals surface area contributed by atoms with Crippen LogP contribution in [0.15, 0.2) is 29.2 Å². The number of sulfone groups is 1. The van der Waals surface area contributed by atoms with E-state index < -0.39 is 15.7 Å². The molecule has 0 amide bonds. The molecule has 0 bridgehead atoms. The lowest BCUT2D eigenvalue weighted by atomic mass is 10.2. The standard InChI is InChI=1S/C12H15FO3S/c13-10-3-5-12(6-4-10)17(14,15)9-7-11-2-1-8-16-11/h3-6,11H,1-2,7-9H2. The van der Waals surface area contributed by atoms with Crippen molar-refractivity contribution in [2.75, 3.05) is 12.4 Å². The lowest BCUT2D eigenvalue weighted by Crippen LogP contribution is -2.14. The Kier molecular flexibility index (Phi) is 3.79. The summed E-state index contributed by atoms with van der Waals surface area (Å²) in [4.78, 5) is 0.178. The largest absolute Gasteiger partial charge is 0.378 e. The second-order valence-corrected chi connectivity index (χ2v) is 6.31. The van der Waals surface area contributed by atoms with E-state index >= 15 is 0 Å². The fourth-order valence-corrected chi connectivity index (χ4v) is 3.28. The minimum absolute atomic E-state index is 0.0588. The van der Waals surface area contributed by atoms with Gasteiger partial charge in [-0.05, 0) is 43.5 Å². The van der Waals surface area contributed by atoms with Gasteiger partial charge in [-0.3, -0.25) is 0 Å². The van der Waals surface area contributed by atoms with E-state index in [1.54, 1.807) is 0 Å². The zero-order chi connectivity index (χ0) is 12.3. The van der Waals surface area contributed by atoms with Gasteiger partial charge in [-0.2, -0.15) is 0 Å². The summed E-state index contributed by atoms with van der Waals surface area (Å²) in [5.74, 6) is -0.369. The van der Waals surface area contributed by atoms with Crippen LogP contribution in [0.4, 0.5) is 4.39 Å². The number of benzene rings is 1. The van der Waals surface area contributed by atoms with Crippen molar-refractivity contribution >= 4 is 9.84 Å². The summed E-state index contributed by atoms with van der Waals surface area (Å²) in [5.41, 5.74) is 0. The second-order valence-electron chi connectivity index (χ2n) is 4.20. The van der Waals surface area contributed by atoms with Gasteiger partial charge in [0.25, 0.3) is 0 Å². The molecule has 1 heterocycles. The maximum atomic E-state index is 12.7. The number of hydrogen-bond acceptors (Lipinski definition) is 3. The normalized spacial score (nSPS) is 20.6. The van der Waals surface area contributed by atoms with Crippen molar-refractivity contribution in [3.63, 3.8) is 0 Å². The average Bonchev–Trinajstić information content (AvgIpc) is 2.80. The molecule has 1 unspecified atom stereocenters. The van der Waals surface area contributed by atoms with E-state index in [9.17, 15) is 12.8 Å². The fourth-order valence-electron chi connectivity index (χ4n) is 1.92. The Morgan fingerprint density at radius 2 is 2.00 bits per heavy atom. The Hall–Kier alpha value is -0.940. The minimum atomic E-state index is -3.31. The van der Waals surface area contributed by atoms with Gasteiger partial charge in [-0.25, -0.2) is 12.8 Å². The van der Waals surface area contributed by atoms with Crippen LogP contribution in [-0.2, 0) is 14.6 Å². The molecule has 1 fully saturated rings. The zero-order valence-electron chi connectivity index (χ0n) is 9.43. The molecular formula is C12H15FO3S. The van der Waals surface area contributed by atoms with Crippen LogP contribution in [0.5, 0.6) is 0 Å². The van der Waals surface area contributed by atoms with Crippen LogP contribution in [0.25, 0.3) is 0 Å². The molecule has 1 aliphatic heterocycles. The van der Waals surface area contributed by atoms with Crippen LogP contribution in [0.1, 0.15) is 19.3 Å². The van der Waals surface area contributed by atoms with Crippen molar-refractivity contribution < 1.29 is 17.5 Å². The Morgan fingerprint density at radius 3 is 2.59 bits per heavy atom. The molecule has 1 aromatic carbocycles. The third kappa shape index (κ3) is 3.26. The highest BCUT2D eigenvalue weighted by Crippen LogP contribution is 2.19. The lowest BCUT2D eigenvalue weighted by Gasteiger charge is -2.09. The molecule has 94 valence electrons. The van der Waals surface area contributed by atoms with Crippen molar-refractivity contribution in [1.82, 2.24) is 0 Å². The summed E-state index contributed by atoms with van der Waals surface area (Å²) in [6.07, 6.45) is 2.50. The fraction of sp³-hybridized carbons (Fsp3) is 0.500. The Morgan fingerprint density at radius 1 is 1.29 bits per heavy atom. The SMILES string of the molecule is O=S(=O)(CCC1CCCO1)c1ccc(F)cc1. The van der Waals surface area contributed by atoms with Gasteiger partial charge in [-0.15, -0.1) is 0 Å². The third-order valence-electron chi connectivity index (χ3n) is 2.91. The molecule has 17 heavy (non-hydrogen) atoms. The van der Waals surface area contributed by atoms with E-state index in [0.717, 1.165) is 19.4 Å². The molecule has 0 N–H and O–H groups in total. The molecular weight excluding hydrogens is 243 g/mol. The number of rotatable bonds is 4. The van der Waals surface area contributed by atoms with E-state index in [4.69, 9.17) is 4.74 Å². The topological polar surface area (TPSA) is 43.4 Å². The Bertz CT molecular complexity index is 461. The van der Waals surface area contributed by atoms with Crippen LogP contribution in [0.3, 0.4) is 0 Å². The van der Waals surface area contributed by atoms with E-state index in [1.165, 1.54) is 24.3 Å². The Labute approximate surface area is 101 Å². The quantitative estimate of drug-likeness (QED) is 0.777. The van der Waals surface area contributed by atoms with Crippen molar-refractivity contribution in [1.29, 1.82) is 0 Å². The molecule has 5 heteroatoms. The predicted molar refractivity (Wildman–Crippen MR) is 62.0 cm³/mol. The number of hydrogen-bond donors (Lipinski definition) is 0.